The minimum atomic E-state index is 0.114. The van der Waals surface area contributed by atoms with E-state index < -0.39 is 0 Å². The van der Waals surface area contributed by atoms with E-state index >= 15 is 0 Å². The molecule has 2 heterocycles. The normalized spacial score (nSPS) is 11.1. The molecule has 0 atom stereocenters. The zero-order valence-corrected chi connectivity index (χ0v) is 12.3. The highest BCUT2D eigenvalue weighted by Crippen LogP contribution is 2.15. The maximum atomic E-state index is 5.97. The van der Waals surface area contributed by atoms with Crippen LogP contribution in [-0.4, -0.2) is 56.0 Å². The molecule has 0 bridgehead atoms. The van der Waals surface area contributed by atoms with E-state index in [1.54, 1.807) is 7.11 Å². The summed E-state index contributed by atoms with van der Waals surface area (Å²) in [6.45, 7) is 5.32. The second kappa shape index (κ2) is 6.58. The lowest BCUT2D eigenvalue weighted by Crippen LogP contribution is -2.35. The predicted molar refractivity (Wildman–Crippen MR) is 74.1 cm³/mol. The molecule has 0 aliphatic rings. The van der Waals surface area contributed by atoms with E-state index in [1.165, 1.54) is 17.3 Å². The van der Waals surface area contributed by atoms with E-state index in [9.17, 15) is 0 Å². The zero-order valence-electron chi connectivity index (χ0n) is 11.6. The van der Waals surface area contributed by atoms with Gasteiger partial charge in [0, 0.05) is 19.7 Å². The monoisotopic (exact) mass is 297 g/mol. The summed E-state index contributed by atoms with van der Waals surface area (Å²) in [7, 11) is 1.65. The molecular formula is C11H16ClN7O. The average Bonchev–Trinajstić information content (AvgIpc) is 2.92. The number of aromatic nitrogens is 6. The van der Waals surface area contributed by atoms with Gasteiger partial charge in [0.15, 0.2) is 0 Å². The van der Waals surface area contributed by atoms with Crippen molar-refractivity contribution in [2.45, 2.75) is 19.9 Å². The molecule has 0 unspecified atom stereocenters. The van der Waals surface area contributed by atoms with Gasteiger partial charge in [0.25, 0.3) is 5.95 Å². The molecule has 8 nitrogen and oxygen atoms in total. The fourth-order valence-electron chi connectivity index (χ4n) is 1.65. The van der Waals surface area contributed by atoms with Crippen molar-refractivity contribution in [3.63, 3.8) is 0 Å². The number of halogens is 1. The molecule has 0 saturated carbocycles. The molecular weight excluding hydrogens is 282 g/mol. The van der Waals surface area contributed by atoms with Crippen LogP contribution >= 0.6 is 11.6 Å². The number of rotatable bonds is 6. The van der Waals surface area contributed by atoms with Gasteiger partial charge in [0.2, 0.25) is 11.2 Å². The number of hydrogen-bond donors (Lipinski definition) is 0. The van der Waals surface area contributed by atoms with Crippen molar-refractivity contribution in [2.75, 3.05) is 25.2 Å². The Labute approximate surface area is 121 Å². The van der Waals surface area contributed by atoms with E-state index in [2.05, 4.69) is 25.0 Å². The second-order valence-corrected chi connectivity index (χ2v) is 4.66. The minimum absolute atomic E-state index is 0.114. The van der Waals surface area contributed by atoms with E-state index in [-0.39, 0.29) is 11.3 Å². The third-order valence-electron chi connectivity index (χ3n) is 2.62. The first-order valence-electron chi connectivity index (χ1n) is 6.14. The molecule has 20 heavy (non-hydrogen) atoms. The fraction of sp³-hybridized carbons (Fsp3) is 0.545. The third kappa shape index (κ3) is 3.40. The van der Waals surface area contributed by atoms with Gasteiger partial charge in [-0.2, -0.15) is 24.7 Å². The van der Waals surface area contributed by atoms with Crippen LogP contribution in [0.2, 0.25) is 5.28 Å². The van der Waals surface area contributed by atoms with Crippen LogP contribution in [0.25, 0.3) is 5.95 Å². The van der Waals surface area contributed by atoms with Gasteiger partial charge in [-0.15, -0.1) is 0 Å². The van der Waals surface area contributed by atoms with Crippen molar-refractivity contribution in [2.24, 2.45) is 0 Å². The molecule has 0 aliphatic heterocycles. The van der Waals surface area contributed by atoms with Crippen molar-refractivity contribution in [1.29, 1.82) is 0 Å². The first-order chi connectivity index (χ1) is 9.61. The van der Waals surface area contributed by atoms with E-state index in [4.69, 9.17) is 16.3 Å². The van der Waals surface area contributed by atoms with Crippen LogP contribution in [0.1, 0.15) is 13.8 Å². The lowest BCUT2D eigenvalue weighted by molar-refractivity contribution is 0.203. The van der Waals surface area contributed by atoms with Crippen LogP contribution in [0.3, 0.4) is 0 Å². The molecule has 0 aromatic carbocycles. The molecule has 108 valence electrons. The Bertz CT molecular complexity index is 546. The first kappa shape index (κ1) is 14.6. The average molecular weight is 298 g/mol. The van der Waals surface area contributed by atoms with Crippen molar-refractivity contribution in [3.05, 3.63) is 17.9 Å². The first-order valence-corrected chi connectivity index (χ1v) is 6.51. The molecule has 0 spiro atoms. The summed E-state index contributed by atoms with van der Waals surface area (Å²) in [6.07, 6.45) is 2.91. The Morgan fingerprint density at radius 1 is 1.35 bits per heavy atom. The maximum Gasteiger partial charge on any atom is 0.258 e. The van der Waals surface area contributed by atoms with Crippen LogP contribution in [-0.2, 0) is 4.74 Å². The van der Waals surface area contributed by atoms with Crippen LogP contribution in [0, 0.1) is 0 Å². The molecule has 2 aromatic rings. The smallest absolute Gasteiger partial charge is 0.258 e. The van der Waals surface area contributed by atoms with Crippen LogP contribution in [0.5, 0.6) is 0 Å². The number of methoxy groups -OCH3 is 1. The molecule has 0 aliphatic carbocycles. The van der Waals surface area contributed by atoms with Gasteiger partial charge in [-0.25, -0.2) is 4.98 Å². The van der Waals surface area contributed by atoms with Gasteiger partial charge in [0.05, 0.1) is 6.61 Å². The summed E-state index contributed by atoms with van der Waals surface area (Å²) < 4.78 is 6.54. The summed E-state index contributed by atoms with van der Waals surface area (Å²) in [4.78, 5) is 18.4. The number of nitrogens with zero attached hydrogens (tertiary/aromatic N) is 7. The Hall–Kier alpha value is -1.80. The van der Waals surface area contributed by atoms with Gasteiger partial charge in [-0.05, 0) is 25.4 Å². The van der Waals surface area contributed by atoms with E-state index in [0.717, 1.165) is 0 Å². The Morgan fingerprint density at radius 2 is 2.15 bits per heavy atom. The molecule has 0 amide bonds. The second-order valence-electron chi connectivity index (χ2n) is 4.32. The molecule has 2 rings (SSSR count). The summed E-state index contributed by atoms with van der Waals surface area (Å²) in [5.41, 5.74) is 0. The summed E-state index contributed by atoms with van der Waals surface area (Å²) >= 11 is 5.97. The summed E-state index contributed by atoms with van der Waals surface area (Å²) in [5, 5.41) is 4.10. The molecule has 2 aromatic heterocycles. The lowest BCUT2D eigenvalue weighted by Gasteiger charge is -2.26. The predicted octanol–water partition coefficient (Wildman–Crippen LogP) is 0.967. The minimum Gasteiger partial charge on any atom is -0.383 e. The van der Waals surface area contributed by atoms with Crippen LogP contribution in [0.15, 0.2) is 12.7 Å². The van der Waals surface area contributed by atoms with Crippen LogP contribution < -0.4 is 4.90 Å². The summed E-state index contributed by atoms with van der Waals surface area (Å²) in [6, 6.07) is 0.201. The Balaban J connectivity index is 2.34. The molecule has 0 radical (unpaired) electrons. The molecule has 9 heteroatoms. The fourth-order valence-corrected chi connectivity index (χ4v) is 1.80. The van der Waals surface area contributed by atoms with Gasteiger partial charge in [-0.3, -0.25) is 0 Å². The van der Waals surface area contributed by atoms with Crippen molar-refractivity contribution < 1.29 is 4.74 Å². The van der Waals surface area contributed by atoms with Crippen molar-refractivity contribution >= 4 is 17.5 Å². The largest absolute Gasteiger partial charge is 0.383 e. The topological polar surface area (TPSA) is 81.9 Å². The number of anilines is 1. The number of ether oxygens (including phenoxy) is 1. The molecule has 0 fully saturated rings. The van der Waals surface area contributed by atoms with Gasteiger partial charge in [0.1, 0.15) is 12.7 Å². The van der Waals surface area contributed by atoms with Crippen molar-refractivity contribution in [1.82, 2.24) is 29.7 Å². The molecule has 0 saturated heterocycles. The quantitative estimate of drug-likeness (QED) is 0.785. The SMILES string of the molecule is COCCN(c1nc(Cl)nc(-n2cncn2)n1)C(C)C. The third-order valence-corrected chi connectivity index (χ3v) is 2.79. The van der Waals surface area contributed by atoms with Crippen molar-refractivity contribution in [3.8, 4) is 5.95 Å². The summed E-state index contributed by atoms with van der Waals surface area (Å²) in [5.74, 6) is 0.822. The number of hydrogen-bond acceptors (Lipinski definition) is 7. The Morgan fingerprint density at radius 3 is 2.75 bits per heavy atom. The van der Waals surface area contributed by atoms with Crippen LogP contribution in [0.4, 0.5) is 5.95 Å². The van der Waals surface area contributed by atoms with E-state index in [0.29, 0.717) is 25.0 Å². The highest BCUT2D eigenvalue weighted by Gasteiger charge is 2.16. The lowest BCUT2D eigenvalue weighted by atomic mass is 10.3. The highest BCUT2D eigenvalue weighted by molar-refractivity contribution is 6.28. The van der Waals surface area contributed by atoms with Gasteiger partial charge in [-0.1, -0.05) is 0 Å². The molecule has 0 N–H and O–H groups in total. The standard InChI is InChI=1S/C11H16ClN7O/c1-8(2)18(4-5-20-3)10-15-9(12)16-11(17-10)19-7-13-6-14-19/h6-8H,4-5H2,1-3H3. The van der Waals surface area contributed by atoms with E-state index in [1.807, 2.05) is 18.7 Å². The highest BCUT2D eigenvalue weighted by atomic mass is 35.5. The van der Waals surface area contributed by atoms with Gasteiger partial charge >= 0.3 is 0 Å². The Kier molecular flexibility index (Phi) is 4.80. The zero-order chi connectivity index (χ0) is 14.5. The maximum absolute atomic E-state index is 5.97. The van der Waals surface area contributed by atoms with Gasteiger partial charge < -0.3 is 9.64 Å².